The van der Waals surface area contributed by atoms with E-state index < -0.39 is 14.0 Å². The first kappa shape index (κ1) is 12.1. The van der Waals surface area contributed by atoms with Crippen molar-refractivity contribution in [2.75, 3.05) is 0 Å². The van der Waals surface area contributed by atoms with Crippen molar-refractivity contribution >= 4 is 30.9 Å². The first-order valence-electron chi connectivity index (χ1n) is 4.17. The Kier molecular flexibility index (Phi) is 4.21. The molecular weight excluding hydrogens is 239 g/mol. The van der Waals surface area contributed by atoms with Gasteiger partial charge >= 0.3 is 14.0 Å². The highest BCUT2D eigenvalue weighted by molar-refractivity contribution is 7.47. The number of hydrogen-bond acceptors (Lipinski definition) is 2. The Balaban J connectivity index is 2.96. The van der Waals surface area contributed by atoms with Crippen LogP contribution in [-0.2, 0) is 15.8 Å². The number of carbonyl (C=O) groups is 1. The quantitative estimate of drug-likeness (QED) is 0.795. The zero-order valence-electron chi connectivity index (χ0n) is 7.68. The molecule has 1 rings (SSSR count). The number of carboxylic acids is 1. The standard InChI is InChI=1S/C9H8ClO4P/c10-7-2-3-8(15(13)14)6(5-7)1-4-9(11)12/h2-3,5H,1,4H2,(H-,11,12,13,14)/p+1. The minimum absolute atomic E-state index is 0.0868. The molecule has 0 amide bonds. The van der Waals surface area contributed by atoms with Gasteiger partial charge in [-0.05, 0) is 29.2 Å². The van der Waals surface area contributed by atoms with Gasteiger partial charge in [0.15, 0.2) is 0 Å². The van der Waals surface area contributed by atoms with Crippen LogP contribution in [0.2, 0.25) is 5.02 Å². The molecule has 0 heterocycles. The van der Waals surface area contributed by atoms with E-state index in [-0.39, 0.29) is 18.1 Å². The number of aryl methyl sites for hydroxylation is 1. The van der Waals surface area contributed by atoms with E-state index >= 15 is 0 Å². The normalized spacial score (nSPS) is 11.2. The molecule has 0 radical (unpaired) electrons. The van der Waals surface area contributed by atoms with E-state index in [1.807, 2.05) is 0 Å². The summed E-state index contributed by atoms with van der Waals surface area (Å²) in [5, 5.41) is 9.18. The minimum atomic E-state index is -2.46. The van der Waals surface area contributed by atoms with Gasteiger partial charge in [0.2, 0.25) is 5.30 Å². The molecule has 0 fully saturated rings. The van der Waals surface area contributed by atoms with E-state index in [1.54, 1.807) is 0 Å². The fourth-order valence-corrected chi connectivity index (χ4v) is 2.00. The molecule has 6 heteroatoms. The molecule has 0 saturated carbocycles. The van der Waals surface area contributed by atoms with Crippen molar-refractivity contribution in [3.8, 4) is 0 Å². The third-order valence-electron chi connectivity index (χ3n) is 1.86. The van der Waals surface area contributed by atoms with Crippen LogP contribution in [0.5, 0.6) is 0 Å². The molecule has 1 atom stereocenters. The Labute approximate surface area is 92.4 Å². The summed E-state index contributed by atoms with van der Waals surface area (Å²) in [6.45, 7) is 0. The van der Waals surface area contributed by atoms with Crippen molar-refractivity contribution < 1.29 is 19.4 Å². The van der Waals surface area contributed by atoms with Gasteiger partial charge in [-0.3, -0.25) is 4.79 Å². The van der Waals surface area contributed by atoms with E-state index in [1.165, 1.54) is 18.2 Å². The monoisotopic (exact) mass is 247 g/mol. The van der Waals surface area contributed by atoms with E-state index in [0.29, 0.717) is 10.6 Å². The highest BCUT2D eigenvalue weighted by Gasteiger charge is 2.21. The lowest BCUT2D eigenvalue weighted by molar-refractivity contribution is -0.136. The molecule has 0 aliphatic carbocycles. The molecule has 1 unspecified atom stereocenters. The molecule has 4 nitrogen and oxygen atoms in total. The van der Waals surface area contributed by atoms with Crippen LogP contribution < -0.4 is 5.30 Å². The summed E-state index contributed by atoms with van der Waals surface area (Å²) in [6.07, 6.45) is 0.114. The summed E-state index contributed by atoms with van der Waals surface area (Å²) < 4.78 is 10.9. The third kappa shape index (κ3) is 3.59. The topological polar surface area (TPSA) is 74.6 Å². The van der Waals surface area contributed by atoms with E-state index in [9.17, 15) is 9.36 Å². The van der Waals surface area contributed by atoms with Gasteiger partial charge in [-0.2, -0.15) is 4.89 Å². The molecular formula is C9H9ClO4P+. The van der Waals surface area contributed by atoms with E-state index in [4.69, 9.17) is 21.6 Å². The van der Waals surface area contributed by atoms with Gasteiger partial charge in [0.05, 0.1) is 0 Å². The van der Waals surface area contributed by atoms with Gasteiger partial charge in [-0.15, -0.1) is 0 Å². The van der Waals surface area contributed by atoms with Crippen molar-refractivity contribution in [3.05, 3.63) is 28.8 Å². The Morgan fingerprint density at radius 2 is 2.13 bits per heavy atom. The maximum Gasteiger partial charge on any atom is 0.546 e. The molecule has 1 aromatic rings. The molecule has 0 aliphatic rings. The highest BCUT2D eigenvalue weighted by Crippen LogP contribution is 2.20. The highest BCUT2D eigenvalue weighted by atomic mass is 35.5. The zero-order chi connectivity index (χ0) is 11.4. The molecule has 0 aromatic heterocycles. The number of hydrogen-bond donors (Lipinski definition) is 2. The van der Waals surface area contributed by atoms with Crippen molar-refractivity contribution in [1.82, 2.24) is 0 Å². The molecule has 0 bridgehead atoms. The van der Waals surface area contributed by atoms with Gasteiger partial charge in [-0.1, -0.05) is 11.6 Å². The van der Waals surface area contributed by atoms with Crippen molar-refractivity contribution in [3.63, 3.8) is 0 Å². The Hall–Kier alpha value is -0.960. The largest absolute Gasteiger partial charge is 0.546 e. The molecule has 1 aromatic carbocycles. The number of carboxylic acid groups (broad SMARTS) is 1. The summed E-state index contributed by atoms with van der Waals surface area (Å²) in [7, 11) is -2.46. The maximum absolute atomic E-state index is 10.9. The maximum atomic E-state index is 10.9. The summed E-state index contributed by atoms with van der Waals surface area (Å²) >= 11 is 5.71. The molecule has 2 N–H and O–H groups in total. The predicted molar refractivity (Wildman–Crippen MR) is 56.9 cm³/mol. The lowest BCUT2D eigenvalue weighted by atomic mass is 10.1. The van der Waals surface area contributed by atoms with Crippen LogP contribution in [0.3, 0.4) is 0 Å². The summed E-state index contributed by atoms with van der Waals surface area (Å²) in [5.74, 6) is -0.950. The Bertz CT molecular complexity index is 405. The average molecular weight is 248 g/mol. The van der Waals surface area contributed by atoms with Crippen LogP contribution in [0.4, 0.5) is 0 Å². The van der Waals surface area contributed by atoms with Crippen molar-refractivity contribution in [2.24, 2.45) is 0 Å². The van der Waals surface area contributed by atoms with Crippen LogP contribution in [0.15, 0.2) is 18.2 Å². The molecule has 80 valence electrons. The van der Waals surface area contributed by atoms with Crippen LogP contribution in [-0.4, -0.2) is 16.0 Å². The third-order valence-corrected chi connectivity index (χ3v) is 2.94. The molecule has 0 spiro atoms. The Morgan fingerprint density at radius 3 is 2.67 bits per heavy atom. The number of rotatable bonds is 4. The van der Waals surface area contributed by atoms with Crippen LogP contribution in [0, 0.1) is 0 Å². The minimum Gasteiger partial charge on any atom is -0.481 e. The molecule has 0 saturated heterocycles. The zero-order valence-corrected chi connectivity index (χ0v) is 9.33. The SMILES string of the molecule is O=C(O)CCc1cc(Cl)ccc1[P+](=O)O. The smallest absolute Gasteiger partial charge is 0.481 e. The van der Waals surface area contributed by atoms with E-state index in [2.05, 4.69) is 0 Å². The van der Waals surface area contributed by atoms with Gasteiger partial charge in [0, 0.05) is 17.0 Å². The number of aliphatic carboxylic acids is 1. The first-order chi connectivity index (χ1) is 7.00. The molecule has 0 aliphatic heterocycles. The second-order valence-electron chi connectivity index (χ2n) is 2.94. The van der Waals surface area contributed by atoms with Gasteiger partial charge in [0.25, 0.3) is 0 Å². The van der Waals surface area contributed by atoms with Gasteiger partial charge in [0.1, 0.15) is 0 Å². The van der Waals surface area contributed by atoms with Crippen LogP contribution >= 0.6 is 19.6 Å². The second kappa shape index (κ2) is 5.21. The summed E-state index contributed by atoms with van der Waals surface area (Å²) in [5.41, 5.74) is 0.508. The second-order valence-corrected chi connectivity index (χ2v) is 4.40. The van der Waals surface area contributed by atoms with Crippen LogP contribution in [0.25, 0.3) is 0 Å². The summed E-state index contributed by atoms with van der Waals surface area (Å²) in [6, 6.07) is 4.46. The number of benzene rings is 1. The molecule has 15 heavy (non-hydrogen) atoms. The first-order valence-corrected chi connectivity index (χ1v) is 5.76. The fraction of sp³-hybridized carbons (Fsp3) is 0.222. The fourth-order valence-electron chi connectivity index (χ4n) is 1.18. The van der Waals surface area contributed by atoms with Crippen molar-refractivity contribution in [1.29, 1.82) is 0 Å². The predicted octanol–water partition coefficient (Wildman–Crippen LogP) is 1.72. The summed E-state index contributed by atoms with van der Waals surface area (Å²) in [4.78, 5) is 19.3. The van der Waals surface area contributed by atoms with Crippen LogP contribution in [0.1, 0.15) is 12.0 Å². The number of halogens is 1. The lowest BCUT2D eigenvalue weighted by Gasteiger charge is -1.99. The average Bonchev–Trinajstić information content (AvgIpc) is 2.14. The van der Waals surface area contributed by atoms with E-state index in [0.717, 1.165) is 0 Å². The van der Waals surface area contributed by atoms with Crippen molar-refractivity contribution in [2.45, 2.75) is 12.8 Å². The lowest BCUT2D eigenvalue weighted by Crippen LogP contribution is -2.08. The Morgan fingerprint density at radius 1 is 1.47 bits per heavy atom. The van der Waals surface area contributed by atoms with Gasteiger partial charge in [-0.25, -0.2) is 0 Å². The van der Waals surface area contributed by atoms with Gasteiger partial charge < -0.3 is 5.11 Å².